The Morgan fingerprint density at radius 1 is 1.38 bits per heavy atom. The van der Waals surface area contributed by atoms with Crippen molar-refractivity contribution in [3.05, 3.63) is 0 Å². The van der Waals surface area contributed by atoms with E-state index in [4.69, 9.17) is 9.42 Å². The van der Waals surface area contributed by atoms with Crippen LogP contribution in [0.5, 0.6) is 0 Å². The Balaban J connectivity index is 3.39. The molecular formula is C5H14O2P+. The van der Waals surface area contributed by atoms with Crippen molar-refractivity contribution in [1.82, 2.24) is 0 Å². The lowest BCUT2D eigenvalue weighted by Gasteiger charge is -2.10. The Morgan fingerprint density at radius 2 is 1.75 bits per heavy atom. The third-order valence-corrected chi connectivity index (χ3v) is 1.41. The van der Waals surface area contributed by atoms with E-state index in [2.05, 4.69) is 0 Å². The summed E-state index contributed by atoms with van der Waals surface area (Å²) >= 11 is 0. The van der Waals surface area contributed by atoms with Crippen LogP contribution in [0, 0.1) is 0 Å². The van der Waals surface area contributed by atoms with E-state index in [-0.39, 0.29) is 6.10 Å². The molecular weight excluding hydrogens is 123 g/mol. The van der Waals surface area contributed by atoms with Gasteiger partial charge in [-0.2, -0.15) is 0 Å². The van der Waals surface area contributed by atoms with E-state index in [0.717, 1.165) is 0 Å². The fourth-order valence-corrected chi connectivity index (χ4v) is 1.55. The molecule has 0 aromatic carbocycles. The van der Waals surface area contributed by atoms with Crippen LogP contribution in [0.1, 0.15) is 13.8 Å². The summed E-state index contributed by atoms with van der Waals surface area (Å²) in [5.41, 5.74) is 0. The minimum Gasteiger partial charge on any atom is -0.221 e. The number of hydrogen-bond acceptors (Lipinski definition) is 2. The molecule has 0 saturated carbocycles. The second-order valence-electron chi connectivity index (χ2n) is 2.45. The Bertz CT molecular complexity index is 65.3. The van der Waals surface area contributed by atoms with Gasteiger partial charge < -0.3 is 0 Å². The number of hydrogen-bond donors (Lipinski definition) is 1. The summed E-state index contributed by atoms with van der Waals surface area (Å²) < 4.78 is 5.10. The maximum Gasteiger partial charge on any atom is 0.266 e. The van der Waals surface area contributed by atoms with Crippen molar-refractivity contribution in [2.45, 2.75) is 20.0 Å². The van der Waals surface area contributed by atoms with Gasteiger partial charge in [-0.3, -0.25) is 0 Å². The van der Waals surface area contributed by atoms with Gasteiger partial charge in [-0.05, 0) is 13.8 Å². The second kappa shape index (κ2) is 2.77. The summed E-state index contributed by atoms with van der Waals surface area (Å²) in [5, 5.41) is 0. The molecule has 0 aromatic heterocycles. The van der Waals surface area contributed by atoms with Gasteiger partial charge >= 0.3 is 0 Å². The van der Waals surface area contributed by atoms with E-state index in [0.29, 0.717) is 0 Å². The fourth-order valence-electron chi connectivity index (χ4n) is 0.516. The van der Waals surface area contributed by atoms with Gasteiger partial charge in [0.15, 0.2) is 0 Å². The average Bonchev–Trinajstić information content (AvgIpc) is 1.21. The van der Waals surface area contributed by atoms with Crippen LogP contribution >= 0.6 is 7.72 Å². The zero-order valence-electron chi connectivity index (χ0n) is 5.88. The molecule has 0 aliphatic rings. The summed E-state index contributed by atoms with van der Waals surface area (Å²) in [6, 6.07) is 0. The van der Waals surface area contributed by atoms with E-state index in [1.165, 1.54) is 0 Å². The molecule has 0 aliphatic heterocycles. The molecule has 0 aromatic rings. The SMILES string of the molecule is CC(C)O[P+](C)(C)O. The topological polar surface area (TPSA) is 29.5 Å². The summed E-state index contributed by atoms with van der Waals surface area (Å²) in [5.74, 6) is 0. The fraction of sp³-hybridized carbons (Fsp3) is 1.00. The molecule has 0 fully saturated rings. The Hall–Kier alpha value is 0.350. The van der Waals surface area contributed by atoms with Crippen LogP contribution < -0.4 is 0 Å². The van der Waals surface area contributed by atoms with Crippen molar-refractivity contribution in [3.8, 4) is 0 Å². The van der Waals surface area contributed by atoms with E-state index < -0.39 is 7.72 Å². The first kappa shape index (κ1) is 8.35. The normalized spacial score (nSPS) is 12.8. The lowest BCUT2D eigenvalue weighted by atomic mass is 10.5. The van der Waals surface area contributed by atoms with Gasteiger partial charge in [0.1, 0.15) is 13.3 Å². The second-order valence-corrected chi connectivity index (χ2v) is 5.25. The molecule has 1 N–H and O–H groups in total. The summed E-state index contributed by atoms with van der Waals surface area (Å²) in [6.45, 7) is 7.29. The molecule has 0 rings (SSSR count). The van der Waals surface area contributed by atoms with Gasteiger partial charge in [-0.15, -0.1) is 0 Å². The highest BCUT2D eigenvalue weighted by Crippen LogP contribution is 2.48. The van der Waals surface area contributed by atoms with Gasteiger partial charge in [-0.25, -0.2) is 9.42 Å². The molecule has 0 saturated heterocycles. The van der Waals surface area contributed by atoms with Gasteiger partial charge in [0.25, 0.3) is 7.72 Å². The maximum absolute atomic E-state index is 9.08. The quantitative estimate of drug-likeness (QED) is 0.584. The standard InChI is InChI=1S/C5H14O2P/c1-5(2)7-8(3,4)6/h5-6H,1-4H3/q+1. The highest BCUT2D eigenvalue weighted by molar-refractivity contribution is 7.64. The van der Waals surface area contributed by atoms with Gasteiger partial charge in [-0.1, -0.05) is 0 Å². The molecule has 0 atom stereocenters. The molecule has 0 unspecified atom stereocenters. The molecule has 0 aliphatic carbocycles. The predicted octanol–water partition coefficient (Wildman–Crippen LogP) is 1.51. The smallest absolute Gasteiger partial charge is 0.221 e. The highest BCUT2D eigenvalue weighted by Gasteiger charge is 2.23. The van der Waals surface area contributed by atoms with Gasteiger partial charge in [0.05, 0.1) is 6.10 Å². The van der Waals surface area contributed by atoms with Crippen LogP contribution in [-0.2, 0) is 4.52 Å². The van der Waals surface area contributed by atoms with E-state index in [9.17, 15) is 0 Å². The summed E-state index contributed by atoms with van der Waals surface area (Å²) in [7, 11) is -1.97. The Kier molecular flexibility index (Phi) is 2.89. The molecule has 0 heterocycles. The molecule has 50 valence electrons. The van der Waals surface area contributed by atoms with Gasteiger partial charge in [0, 0.05) is 0 Å². The van der Waals surface area contributed by atoms with Crippen molar-refractivity contribution >= 4 is 7.72 Å². The van der Waals surface area contributed by atoms with E-state index in [1.807, 2.05) is 13.8 Å². The Labute approximate surface area is 51.4 Å². The first-order chi connectivity index (χ1) is 3.42. The van der Waals surface area contributed by atoms with Crippen LogP contribution in [0.4, 0.5) is 0 Å². The van der Waals surface area contributed by atoms with Crippen molar-refractivity contribution in [2.24, 2.45) is 0 Å². The lowest BCUT2D eigenvalue weighted by Crippen LogP contribution is -2.02. The molecule has 0 spiro atoms. The van der Waals surface area contributed by atoms with Crippen LogP contribution in [0.25, 0.3) is 0 Å². The van der Waals surface area contributed by atoms with Crippen LogP contribution in [-0.4, -0.2) is 24.3 Å². The van der Waals surface area contributed by atoms with Crippen molar-refractivity contribution in [1.29, 1.82) is 0 Å². The highest BCUT2D eigenvalue weighted by atomic mass is 31.2. The third-order valence-electron chi connectivity index (χ3n) is 0.469. The van der Waals surface area contributed by atoms with Crippen LogP contribution in [0.3, 0.4) is 0 Å². The monoisotopic (exact) mass is 137 g/mol. The predicted molar refractivity (Wildman–Crippen MR) is 37.2 cm³/mol. The minimum absolute atomic E-state index is 0.142. The molecule has 0 amide bonds. The zero-order valence-corrected chi connectivity index (χ0v) is 6.77. The minimum atomic E-state index is -1.97. The molecule has 3 heteroatoms. The Morgan fingerprint density at radius 3 is 1.75 bits per heavy atom. The van der Waals surface area contributed by atoms with Crippen LogP contribution in [0.15, 0.2) is 0 Å². The lowest BCUT2D eigenvalue weighted by molar-refractivity contribution is 0.232. The zero-order chi connectivity index (χ0) is 6.78. The summed E-state index contributed by atoms with van der Waals surface area (Å²) in [6.07, 6.45) is 0.142. The van der Waals surface area contributed by atoms with Gasteiger partial charge in [0.2, 0.25) is 0 Å². The molecule has 0 bridgehead atoms. The third kappa shape index (κ3) is 6.35. The van der Waals surface area contributed by atoms with E-state index in [1.54, 1.807) is 13.3 Å². The van der Waals surface area contributed by atoms with Crippen molar-refractivity contribution in [2.75, 3.05) is 13.3 Å². The maximum atomic E-state index is 9.08. The van der Waals surface area contributed by atoms with Crippen molar-refractivity contribution in [3.63, 3.8) is 0 Å². The molecule has 8 heavy (non-hydrogen) atoms. The van der Waals surface area contributed by atoms with Crippen LogP contribution in [0.2, 0.25) is 0 Å². The van der Waals surface area contributed by atoms with Crippen molar-refractivity contribution < 1.29 is 9.42 Å². The van der Waals surface area contributed by atoms with E-state index >= 15 is 0 Å². The first-order valence-electron chi connectivity index (χ1n) is 2.67. The average molecular weight is 137 g/mol. The molecule has 0 radical (unpaired) electrons. The summed E-state index contributed by atoms with van der Waals surface area (Å²) in [4.78, 5) is 9.08. The number of rotatable bonds is 2. The molecule has 2 nitrogen and oxygen atoms in total. The largest absolute Gasteiger partial charge is 0.266 e. The first-order valence-corrected chi connectivity index (χ1v) is 5.22.